The van der Waals surface area contributed by atoms with Gasteiger partial charge in [-0.3, -0.25) is 0 Å². The van der Waals surface area contributed by atoms with E-state index in [0.717, 1.165) is 28.1 Å². The van der Waals surface area contributed by atoms with Crippen molar-refractivity contribution < 1.29 is 17.9 Å². The van der Waals surface area contributed by atoms with Crippen molar-refractivity contribution in [2.75, 3.05) is 20.8 Å². The molecule has 24 heavy (non-hydrogen) atoms. The van der Waals surface area contributed by atoms with Gasteiger partial charge < -0.3 is 9.47 Å². The standard InChI is InChI=1S/C9H9NO2S.C7H17NO2S/c1-11-6-3-7(12-2)9-8(4-6)13-5-10-9;1-5-6-8(11(9)10)7(2,3)4/h3-5H,1-2H3;11H,5-6H2,1-4H3. The molecule has 0 bridgehead atoms. The maximum atomic E-state index is 10.7. The second-order valence-corrected chi connectivity index (χ2v) is 7.91. The second-order valence-electron chi connectivity index (χ2n) is 6.06. The van der Waals surface area contributed by atoms with Gasteiger partial charge in [0, 0.05) is 18.2 Å². The number of ether oxygens (including phenoxy) is 2. The zero-order valence-electron chi connectivity index (χ0n) is 15.0. The van der Waals surface area contributed by atoms with Crippen LogP contribution in [0, 0.1) is 0 Å². The molecule has 8 heteroatoms. The van der Waals surface area contributed by atoms with E-state index in [4.69, 9.17) is 9.47 Å². The number of thiol groups is 1. The van der Waals surface area contributed by atoms with Crippen LogP contribution in [0.2, 0.25) is 0 Å². The van der Waals surface area contributed by atoms with Gasteiger partial charge in [0.05, 0.1) is 24.4 Å². The quantitative estimate of drug-likeness (QED) is 0.813. The molecule has 1 aromatic carbocycles. The molecule has 0 fully saturated rings. The van der Waals surface area contributed by atoms with Gasteiger partial charge in [0.25, 0.3) is 0 Å². The number of hydrogen-bond donors (Lipinski definition) is 1. The number of fused-ring (bicyclic) bond motifs is 1. The number of thiazole rings is 1. The van der Waals surface area contributed by atoms with E-state index in [-0.39, 0.29) is 5.54 Å². The smallest absolute Gasteiger partial charge is 0.204 e. The van der Waals surface area contributed by atoms with E-state index in [0.29, 0.717) is 6.54 Å². The number of methoxy groups -OCH3 is 2. The molecule has 6 nitrogen and oxygen atoms in total. The summed E-state index contributed by atoms with van der Waals surface area (Å²) in [6.45, 7) is 8.27. The Hall–Kier alpha value is -1.38. The second kappa shape index (κ2) is 9.19. The first-order valence-electron chi connectivity index (χ1n) is 7.61. The summed E-state index contributed by atoms with van der Waals surface area (Å²) in [5, 5.41) is 0. The van der Waals surface area contributed by atoms with E-state index in [1.54, 1.807) is 31.1 Å². The monoisotopic (exact) mass is 374 g/mol. The summed E-state index contributed by atoms with van der Waals surface area (Å²) in [7, 11) is 0.849. The molecule has 0 aliphatic carbocycles. The Morgan fingerprint density at radius 1 is 1.21 bits per heavy atom. The van der Waals surface area contributed by atoms with Crippen LogP contribution in [-0.4, -0.2) is 44.0 Å². The fourth-order valence-corrected chi connectivity index (χ4v) is 3.63. The van der Waals surface area contributed by atoms with Crippen LogP contribution in [-0.2, 0) is 10.9 Å². The lowest BCUT2D eigenvalue weighted by Crippen LogP contribution is -2.40. The van der Waals surface area contributed by atoms with Crippen molar-refractivity contribution >= 4 is 32.4 Å². The van der Waals surface area contributed by atoms with E-state index >= 15 is 0 Å². The van der Waals surface area contributed by atoms with E-state index in [2.05, 4.69) is 4.98 Å². The molecule has 0 saturated heterocycles. The molecule has 0 amide bonds. The van der Waals surface area contributed by atoms with Gasteiger partial charge in [-0.2, -0.15) is 4.31 Å². The summed E-state index contributed by atoms with van der Waals surface area (Å²) in [5.74, 6) is 1.56. The number of rotatable bonds is 5. The predicted octanol–water partition coefficient (Wildman–Crippen LogP) is 3.34. The van der Waals surface area contributed by atoms with Crippen molar-refractivity contribution in [1.82, 2.24) is 9.29 Å². The predicted molar refractivity (Wildman–Crippen MR) is 99.8 cm³/mol. The summed E-state index contributed by atoms with van der Waals surface area (Å²) < 4.78 is 34.3. The van der Waals surface area contributed by atoms with Gasteiger partial charge in [0.1, 0.15) is 17.0 Å². The van der Waals surface area contributed by atoms with Crippen molar-refractivity contribution in [3.63, 3.8) is 0 Å². The third-order valence-corrected chi connectivity index (χ3v) is 5.21. The lowest BCUT2D eigenvalue weighted by Gasteiger charge is -2.29. The highest BCUT2D eigenvalue weighted by molar-refractivity contribution is 7.69. The van der Waals surface area contributed by atoms with E-state index in [1.807, 2.05) is 39.8 Å². The van der Waals surface area contributed by atoms with Gasteiger partial charge in [-0.15, -0.1) is 11.3 Å². The van der Waals surface area contributed by atoms with Gasteiger partial charge in [0.2, 0.25) is 10.9 Å². The third kappa shape index (κ3) is 5.61. The third-order valence-electron chi connectivity index (χ3n) is 3.24. The summed E-state index contributed by atoms with van der Waals surface area (Å²) >= 11 is 1.58. The van der Waals surface area contributed by atoms with Gasteiger partial charge in [-0.1, -0.05) is 6.92 Å². The van der Waals surface area contributed by atoms with E-state index in [9.17, 15) is 8.42 Å². The minimum atomic E-state index is -2.42. The average Bonchev–Trinajstić information content (AvgIpc) is 2.99. The van der Waals surface area contributed by atoms with Crippen LogP contribution >= 0.6 is 11.3 Å². The molecule has 136 valence electrons. The SMILES string of the molecule is CCCN([SH](=O)=O)C(C)(C)C.COc1cc(OC)c2ncsc2c1. The first kappa shape index (κ1) is 20.7. The van der Waals surface area contributed by atoms with E-state index < -0.39 is 10.9 Å². The summed E-state index contributed by atoms with van der Waals surface area (Å²) in [6, 6.07) is 3.79. The Labute approximate surface area is 149 Å². The van der Waals surface area contributed by atoms with Crippen molar-refractivity contribution in [3.8, 4) is 11.5 Å². The maximum Gasteiger partial charge on any atom is 0.204 e. The molecule has 2 aromatic rings. The van der Waals surface area contributed by atoms with Crippen LogP contribution in [0.25, 0.3) is 10.2 Å². The Morgan fingerprint density at radius 2 is 1.88 bits per heavy atom. The minimum absolute atomic E-state index is 0.273. The maximum absolute atomic E-state index is 10.7. The van der Waals surface area contributed by atoms with Gasteiger partial charge in [-0.25, -0.2) is 13.4 Å². The molecule has 0 aliphatic rings. The minimum Gasteiger partial charge on any atom is -0.497 e. The van der Waals surface area contributed by atoms with Crippen molar-refractivity contribution in [1.29, 1.82) is 0 Å². The normalized spacial score (nSPS) is 11.5. The summed E-state index contributed by atoms with van der Waals surface area (Å²) in [4.78, 5) is 4.20. The fourth-order valence-electron chi connectivity index (χ4n) is 2.06. The molecule has 0 atom stereocenters. The van der Waals surface area contributed by atoms with Crippen LogP contribution < -0.4 is 9.47 Å². The molecule has 0 radical (unpaired) electrons. The van der Waals surface area contributed by atoms with Crippen molar-refractivity contribution in [2.45, 2.75) is 39.7 Å². The van der Waals surface area contributed by atoms with Gasteiger partial charge in [0.15, 0.2) is 0 Å². The van der Waals surface area contributed by atoms with Crippen LogP contribution in [0.5, 0.6) is 11.5 Å². The fraction of sp³-hybridized carbons (Fsp3) is 0.562. The molecule has 0 unspecified atom stereocenters. The topological polar surface area (TPSA) is 68.7 Å². The number of benzene rings is 1. The number of hydrogen-bond acceptors (Lipinski definition) is 6. The van der Waals surface area contributed by atoms with E-state index in [1.165, 1.54) is 4.31 Å². The molecule has 0 N–H and O–H groups in total. The van der Waals surface area contributed by atoms with Crippen molar-refractivity contribution in [2.24, 2.45) is 0 Å². The zero-order chi connectivity index (χ0) is 18.3. The Bertz CT molecular complexity index is 712. The number of aromatic nitrogens is 1. The summed E-state index contributed by atoms with van der Waals surface area (Å²) in [6.07, 6.45) is 0.862. The van der Waals surface area contributed by atoms with Gasteiger partial charge >= 0.3 is 0 Å². The molecular weight excluding hydrogens is 348 g/mol. The van der Waals surface area contributed by atoms with Crippen LogP contribution in [0.3, 0.4) is 0 Å². The lowest BCUT2D eigenvalue weighted by atomic mass is 10.1. The molecular formula is C16H26N2O4S2. The van der Waals surface area contributed by atoms with Crippen LogP contribution in [0.15, 0.2) is 17.6 Å². The largest absolute Gasteiger partial charge is 0.497 e. The first-order valence-corrected chi connectivity index (χ1v) is 9.62. The lowest BCUT2D eigenvalue weighted by molar-refractivity contribution is 0.257. The Balaban J connectivity index is 0.000000245. The molecule has 1 aromatic heterocycles. The Morgan fingerprint density at radius 3 is 2.29 bits per heavy atom. The molecule has 0 saturated carbocycles. The van der Waals surface area contributed by atoms with Crippen molar-refractivity contribution in [3.05, 3.63) is 17.6 Å². The summed E-state index contributed by atoms with van der Waals surface area (Å²) in [5.41, 5.74) is 2.42. The molecule has 0 spiro atoms. The highest BCUT2D eigenvalue weighted by Gasteiger charge is 2.22. The number of nitrogens with zero attached hydrogens (tertiary/aromatic N) is 2. The first-order chi connectivity index (χ1) is 11.2. The molecule has 1 heterocycles. The van der Waals surface area contributed by atoms with Crippen LogP contribution in [0.4, 0.5) is 0 Å². The highest BCUT2D eigenvalue weighted by Crippen LogP contribution is 2.32. The van der Waals surface area contributed by atoms with Crippen LogP contribution in [0.1, 0.15) is 34.1 Å². The zero-order valence-corrected chi connectivity index (χ0v) is 16.7. The average molecular weight is 375 g/mol. The van der Waals surface area contributed by atoms with Gasteiger partial charge in [-0.05, 0) is 33.3 Å². The molecule has 2 rings (SSSR count). The Kier molecular flexibility index (Phi) is 7.92. The highest BCUT2D eigenvalue weighted by atomic mass is 32.2. The molecule has 0 aliphatic heterocycles.